The second-order valence-electron chi connectivity index (χ2n) is 5.92. The lowest BCUT2D eigenvalue weighted by atomic mass is 9.85. The maximum atomic E-state index is 9.22. The lowest BCUT2D eigenvalue weighted by Crippen LogP contribution is -2.35. The third kappa shape index (κ3) is 4.06. The second-order valence-corrected chi connectivity index (χ2v) is 5.92. The van der Waals surface area contributed by atoms with E-state index in [0.717, 1.165) is 23.0 Å². The molecular weight excluding hydrogens is 240 g/mol. The molecule has 1 aromatic rings. The van der Waals surface area contributed by atoms with E-state index in [1.165, 1.54) is 0 Å². The molecule has 0 saturated heterocycles. The number of nitrogens with zero attached hydrogens (tertiary/aromatic N) is 2. The molecule has 1 rings (SSSR count). The Morgan fingerprint density at radius 1 is 1.16 bits per heavy atom. The molecule has 19 heavy (non-hydrogen) atoms. The molecule has 0 spiro atoms. The molecule has 1 aromatic heterocycles. The molecule has 0 aromatic carbocycles. The van der Waals surface area contributed by atoms with E-state index in [1.54, 1.807) is 0 Å². The van der Waals surface area contributed by atoms with E-state index in [4.69, 9.17) is 0 Å². The van der Waals surface area contributed by atoms with Crippen LogP contribution in [0, 0.1) is 19.3 Å². The van der Waals surface area contributed by atoms with E-state index in [0.29, 0.717) is 6.42 Å². The maximum Gasteiger partial charge on any atom is 0.134 e. The van der Waals surface area contributed by atoms with E-state index in [1.807, 2.05) is 20.9 Å². The summed E-state index contributed by atoms with van der Waals surface area (Å²) in [5.41, 5.74) is 1.05. The molecular formula is C14H26N4O. The lowest BCUT2D eigenvalue weighted by Gasteiger charge is -2.32. The van der Waals surface area contributed by atoms with Gasteiger partial charge in [0, 0.05) is 25.3 Å². The summed E-state index contributed by atoms with van der Waals surface area (Å²) in [5, 5.41) is 15.8. The Hall–Kier alpha value is -1.36. The number of anilines is 2. The smallest absolute Gasteiger partial charge is 0.134 e. The van der Waals surface area contributed by atoms with E-state index in [2.05, 4.69) is 41.4 Å². The molecule has 0 fully saturated rings. The molecule has 108 valence electrons. The van der Waals surface area contributed by atoms with Crippen LogP contribution in [0.5, 0.6) is 0 Å². The molecule has 0 amide bonds. The van der Waals surface area contributed by atoms with E-state index < -0.39 is 0 Å². The van der Waals surface area contributed by atoms with E-state index >= 15 is 0 Å². The molecule has 0 saturated carbocycles. The van der Waals surface area contributed by atoms with Gasteiger partial charge in [-0.15, -0.1) is 0 Å². The summed E-state index contributed by atoms with van der Waals surface area (Å²) in [6.45, 7) is 10.5. The highest BCUT2D eigenvalue weighted by molar-refractivity contribution is 5.57. The first-order chi connectivity index (χ1) is 8.79. The number of hydrogen-bond donors (Lipinski definition) is 3. The summed E-state index contributed by atoms with van der Waals surface area (Å²) in [5.74, 6) is 2.41. The number of rotatable bonds is 5. The summed E-state index contributed by atoms with van der Waals surface area (Å²) < 4.78 is 0. The van der Waals surface area contributed by atoms with Gasteiger partial charge >= 0.3 is 0 Å². The quantitative estimate of drug-likeness (QED) is 0.763. The third-order valence-electron chi connectivity index (χ3n) is 3.27. The van der Waals surface area contributed by atoms with Crippen LogP contribution in [0.3, 0.4) is 0 Å². The van der Waals surface area contributed by atoms with Crippen LogP contribution in [0.25, 0.3) is 0 Å². The average molecular weight is 266 g/mol. The van der Waals surface area contributed by atoms with Gasteiger partial charge in [0.1, 0.15) is 17.5 Å². The van der Waals surface area contributed by atoms with Crippen LogP contribution in [0.4, 0.5) is 11.6 Å². The Balaban J connectivity index is 3.06. The van der Waals surface area contributed by atoms with Crippen LogP contribution in [-0.2, 0) is 0 Å². The van der Waals surface area contributed by atoms with Crippen molar-refractivity contribution < 1.29 is 5.11 Å². The van der Waals surface area contributed by atoms with Gasteiger partial charge in [0.25, 0.3) is 0 Å². The summed E-state index contributed by atoms with van der Waals surface area (Å²) in [6.07, 6.45) is 0.695. The number of nitrogens with one attached hydrogen (secondary N) is 2. The molecule has 0 aliphatic rings. The fourth-order valence-electron chi connectivity index (χ4n) is 2.03. The molecule has 0 radical (unpaired) electrons. The lowest BCUT2D eigenvalue weighted by molar-refractivity contribution is 0.235. The van der Waals surface area contributed by atoms with Crippen molar-refractivity contribution in [3.63, 3.8) is 0 Å². The van der Waals surface area contributed by atoms with E-state index in [9.17, 15) is 5.11 Å². The Bertz CT molecular complexity index is 426. The van der Waals surface area contributed by atoms with Gasteiger partial charge in [0.2, 0.25) is 0 Å². The van der Waals surface area contributed by atoms with Crippen molar-refractivity contribution in [2.75, 3.05) is 24.3 Å². The van der Waals surface area contributed by atoms with Crippen LogP contribution in [0.2, 0.25) is 0 Å². The number of aromatic nitrogens is 2. The molecule has 5 heteroatoms. The van der Waals surface area contributed by atoms with Crippen LogP contribution in [0.15, 0.2) is 0 Å². The van der Waals surface area contributed by atoms with Gasteiger partial charge in [-0.1, -0.05) is 20.8 Å². The molecule has 3 N–H and O–H groups in total. The molecule has 0 bridgehead atoms. The monoisotopic (exact) mass is 266 g/mol. The Labute approximate surface area is 115 Å². The highest BCUT2D eigenvalue weighted by Crippen LogP contribution is 2.27. The van der Waals surface area contributed by atoms with Crippen molar-refractivity contribution in [1.82, 2.24) is 9.97 Å². The van der Waals surface area contributed by atoms with Crippen molar-refractivity contribution in [2.24, 2.45) is 5.41 Å². The molecule has 0 aliphatic carbocycles. The predicted molar refractivity (Wildman–Crippen MR) is 79.6 cm³/mol. The van der Waals surface area contributed by atoms with Crippen LogP contribution in [-0.4, -0.2) is 34.8 Å². The fourth-order valence-corrected chi connectivity index (χ4v) is 2.03. The van der Waals surface area contributed by atoms with Crippen LogP contribution < -0.4 is 10.6 Å². The molecule has 1 heterocycles. The summed E-state index contributed by atoms with van der Waals surface area (Å²) >= 11 is 0. The van der Waals surface area contributed by atoms with Crippen molar-refractivity contribution >= 4 is 11.6 Å². The van der Waals surface area contributed by atoms with Crippen LogP contribution >= 0.6 is 0 Å². The zero-order valence-corrected chi connectivity index (χ0v) is 12.8. The van der Waals surface area contributed by atoms with Gasteiger partial charge < -0.3 is 15.7 Å². The summed E-state index contributed by atoms with van der Waals surface area (Å²) in [7, 11) is 1.85. The Kier molecular flexibility index (Phi) is 5.11. The maximum absolute atomic E-state index is 9.22. The Morgan fingerprint density at radius 3 is 2.21 bits per heavy atom. The Morgan fingerprint density at radius 2 is 1.74 bits per heavy atom. The molecule has 0 aliphatic heterocycles. The largest absolute Gasteiger partial charge is 0.396 e. The van der Waals surface area contributed by atoms with Crippen molar-refractivity contribution in [2.45, 2.75) is 47.1 Å². The number of aliphatic hydroxyl groups excluding tert-OH is 1. The molecule has 1 unspecified atom stereocenters. The number of aryl methyl sites for hydroxylation is 1. The van der Waals surface area contributed by atoms with Crippen LogP contribution in [0.1, 0.15) is 38.6 Å². The minimum Gasteiger partial charge on any atom is -0.396 e. The van der Waals surface area contributed by atoms with Crippen molar-refractivity contribution in [3.05, 3.63) is 11.4 Å². The molecule has 5 nitrogen and oxygen atoms in total. The predicted octanol–water partition coefficient (Wildman–Crippen LogP) is 2.34. The van der Waals surface area contributed by atoms with Gasteiger partial charge in [-0.2, -0.15) is 0 Å². The fraction of sp³-hybridized carbons (Fsp3) is 0.714. The first kappa shape index (κ1) is 15.7. The van der Waals surface area contributed by atoms with Gasteiger partial charge in [-0.3, -0.25) is 0 Å². The number of hydrogen-bond acceptors (Lipinski definition) is 5. The highest BCUT2D eigenvalue weighted by atomic mass is 16.3. The first-order valence-electron chi connectivity index (χ1n) is 6.70. The summed E-state index contributed by atoms with van der Waals surface area (Å²) in [4.78, 5) is 8.83. The van der Waals surface area contributed by atoms with Gasteiger partial charge in [0.15, 0.2) is 0 Å². The minimum atomic E-state index is 0.0494. The first-order valence-corrected chi connectivity index (χ1v) is 6.70. The third-order valence-corrected chi connectivity index (χ3v) is 3.27. The summed E-state index contributed by atoms with van der Waals surface area (Å²) in [6, 6.07) is 0.162. The topological polar surface area (TPSA) is 70.1 Å². The normalized spacial score (nSPS) is 13.2. The van der Waals surface area contributed by atoms with Gasteiger partial charge in [-0.05, 0) is 25.7 Å². The van der Waals surface area contributed by atoms with Gasteiger partial charge in [0.05, 0.1) is 0 Å². The molecule has 1 atom stereocenters. The SMILES string of the molecule is CNc1nc(C)nc(NC(CCO)C(C)(C)C)c1C. The van der Waals surface area contributed by atoms with Gasteiger partial charge in [-0.25, -0.2) is 9.97 Å². The standard InChI is InChI=1S/C14H26N4O/c1-9-12(15-6)16-10(2)17-13(9)18-11(7-8-19)14(3,4)5/h11,19H,7-8H2,1-6H3,(H2,15,16,17,18). The average Bonchev–Trinajstić information content (AvgIpc) is 2.31. The van der Waals surface area contributed by atoms with Crippen molar-refractivity contribution in [1.29, 1.82) is 0 Å². The second kappa shape index (κ2) is 6.19. The number of aliphatic hydroxyl groups is 1. The van der Waals surface area contributed by atoms with Crippen molar-refractivity contribution in [3.8, 4) is 0 Å². The van der Waals surface area contributed by atoms with E-state index in [-0.39, 0.29) is 18.1 Å². The minimum absolute atomic E-state index is 0.0494. The zero-order valence-electron chi connectivity index (χ0n) is 12.8. The highest BCUT2D eigenvalue weighted by Gasteiger charge is 2.25. The zero-order chi connectivity index (χ0) is 14.6.